The summed E-state index contributed by atoms with van der Waals surface area (Å²) in [6.45, 7) is 5.38. The van der Waals surface area contributed by atoms with Crippen LogP contribution in [-0.2, 0) is 6.54 Å². The third-order valence-corrected chi connectivity index (χ3v) is 4.31. The van der Waals surface area contributed by atoms with Gasteiger partial charge in [-0.1, -0.05) is 18.2 Å². The summed E-state index contributed by atoms with van der Waals surface area (Å²) in [4.78, 5) is 32.1. The fourth-order valence-electron chi connectivity index (χ4n) is 2.88. The Morgan fingerprint density at radius 1 is 1.12 bits per heavy atom. The highest BCUT2D eigenvalue weighted by Crippen LogP contribution is 2.13. The van der Waals surface area contributed by atoms with Gasteiger partial charge in [0.25, 0.3) is 0 Å². The molecule has 0 saturated carbocycles. The molecule has 25 heavy (non-hydrogen) atoms. The van der Waals surface area contributed by atoms with Crippen molar-refractivity contribution in [2.24, 2.45) is 0 Å². The normalized spacial score (nSPS) is 15.0. The van der Waals surface area contributed by atoms with Crippen molar-refractivity contribution in [1.82, 2.24) is 14.8 Å². The van der Waals surface area contributed by atoms with Gasteiger partial charge in [-0.15, -0.1) is 0 Å². The topological polar surface area (TPSA) is 65.5 Å². The average molecular weight is 338 g/mol. The lowest BCUT2D eigenvalue weighted by molar-refractivity contribution is 0.101. The molecule has 1 fully saturated rings. The number of ketones is 1. The van der Waals surface area contributed by atoms with Crippen LogP contribution in [-0.4, -0.2) is 52.8 Å². The number of aromatic nitrogens is 1. The molecule has 2 amide bonds. The molecule has 1 aliphatic heterocycles. The number of piperazine rings is 1. The van der Waals surface area contributed by atoms with E-state index >= 15 is 0 Å². The van der Waals surface area contributed by atoms with Crippen molar-refractivity contribution < 1.29 is 9.59 Å². The summed E-state index contributed by atoms with van der Waals surface area (Å²) >= 11 is 0. The predicted molar refractivity (Wildman–Crippen MR) is 96.6 cm³/mol. The van der Waals surface area contributed by atoms with Gasteiger partial charge in [0.15, 0.2) is 5.78 Å². The molecule has 0 spiro atoms. The average Bonchev–Trinajstić information content (AvgIpc) is 2.63. The van der Waals surface area contributed by atoms with E-state index in [1.807, 2.05) is 12.3 Å². The minimum atomic E-state index is -0.123. The largest absolute Gasteiger partial charge is 0.322 e. The third kappa shape index (κ3) is 4.64. The van der Waals surface area contributed by atoms with Crippen molar-refractivity contribution >= 4 is 17.5 Å². The van der Waals surface area contributed by atoms with E-state index in [0.29, 0.717) is 24.3 Å². The molecule has 2 aromatic rings. The van der Waals surface area contributed by atoms with Crippen molar-refractivity contribution in [2.75, 3.05) is 31.5 Å². The monoisotopic (exact) mass is 338 g/mol. The van der Waals surface area contributed by atoms with Gasteiger partial charge in [0.1, 0.15) is 0 Å². The van der Waals surface area contributed by atoms with Crippen molar-refractivity contribution in [3.8, 4) is 0 Å². The summed E-state index contributed by atoms with van der Waals surface area (Å²) in [6.07, 6.45) is 3.65. The lowest BCUT2D eigenvalue weighted by atomic mass is 10.1. The van der Waals surface area contributed by atoms with E-state index in [0.717, 1.165) is 19.6 Å². The Labute approximate surface area is 147 Å². The van der Waals surface area contributed by atoms with Crippen LogP contribution in [0.15, 0.2) is 48.8 Å². The number of nitrogens with zero attached hydrogens (tertiary/aromatic N) is 3. The maximum atomic E-state index is 12.4. The Hall–Kier alpha value is -2.73. The predicted octanol–water partition coefficient (Wildman–Crippen LogP) is 2.63. The maximum absolute atomic E-state index is 12.4. The van der Waals surface area contributed by atoms with Crippen LogP contribution in [0.5, 0.6) is 0 Å². The highest BCUT2D eigenvalue weighted by molar-refractivity contribution is 5.96. The number of Topliss-reactive ketones (excluding diaryl/α,β-unsaturated/α-hetero) is 1. The molecule has 3 rings (SSSR count). The van der Waals surface area contributed by atoms with Crippen molar-refractivity contribution in [2.45, 2.75) is 13.5 Å². The van der Waals surface area contributed by atoms with Crippen LogP contribution in [0, 0.1) is 0 Å². The van der Waals surface area contributed by atoms with Gasteiger partial charge in [0.05, 0.1) is 0 Å². The van der Waals surface area contributed by atoms with Crippen LogP contribution >= 0.6 is 0 Å². The first-order chi connectivity index (χ1) is 12.1. The molecule has 6 nitrogen and oxygen atoms in total. The molecule has 2 heterocycles. The molecule has 0 unspecified atom stereocenters. The molecule has 0 aliphatic carbocycles. The number of urea groups is 1. The Morgan fingerprint density at radius 3 is 2.60 bits per heavy atom. The van der Waals surface area contributed by atoms with Crippen LogP contribution in [0.2, 0.25) is 0 Å². The molecule has 0 bridgehead atoms. The van der Waals surface area contributed by atoms with Crippen molar-refractivity contribution in [1.29, 1.82) is 0 Å². The Kier molecular flexibility index (Phi) is 5.40. The molecule has 0 radical (unpaired) electrons. The lowest BCUT2D eigenvalue weighted by Crippen LogP contribution is -2.49. The van der Waals surface area contributed by atoms with Gasteiger partial charge in [-0.05, 0) is 30.7 Å². The summed E-state index contributed by atoms with van der Waals surface area (Å²) in [5, 5.41) is 2.88. The second-order valence-electron chi connectivity index (χ2n) is 6.19. The van der Waals surface area contributed by atoms with Crippen LogP contribution < -0.4 is 5.32 Å². The summed E-state index contributed by atoms with van der Waals surface area (Å²) < 4.78 is 0. The van der Waals surface area contributed by atoms with Gasteiger partial charge in [-0.25, -0.2) is 4.79 Å². The maximum Gasteiger partial charge on any atom is 0.321 e. The molecule has 1 aliphatic rings. The summed E-state index contributed by atoms with van der Waals surface area (Å²) in [5.74, 6) is -0.0138. The van der Waals surface area contributed by atoms with E-state index in [1.54, 1.807) is 35.4 Å². The lowest BCUT2D eigenvalue weighted by Gasteiger charge is -2.34. The zero-order valence-electron chi connectivity index (χ0n) is 14.3. The van der Waals surface area contributed by atoms with Gasteiger partial charge in [0, 0.05) is 56.4 Å². The number of hydrogen-bond acceptors (Lipinski definition) is 4. The first kappa shape index (κ1) is 17.1. The summed E-state index contributed by atoms with van der Waals surface area (Å²) in [5.41, 5.74) is 2.43. The molecule has 1 N–H and O–H groups in total. The number of amides is 2. The third-order valence-electron chi connectivity index (χ3n) is 4.31. The molecule has 1 aromatic carbocycles. The quantitative estimate of drug-likeness (QED) is 0.871. The van der Waals surface area contributed by atoms with Gasteiger partial charge in [0.2, 0.25) is 0 Å². The highest BCUT2D eigenvalue weighted by Gasteiger charge is 2.21. The van der Waals surface area contributed by atoms with Crippen LogP contribution in [0.4, 0.5) is 10.5 Å². The summed E-state index contributed by atoms with van der Waals surface area (Å²) in [7, 11) is 0. The molecular weight excluding hydrogens is 316 g/mol. The first-order valence-corrected chi connectivity index (χ1v) is 8.40. The highest BCUT2D eigenvalue weighted by atomic mass is 16.2. The number of nitrogens with one attached hydrogen (secondary N) is 1. The van der Waals surface area contributed by atoms with Gasteiger partial charge >= 0.3 is 6.03 Å². The summed E-state index contributed by atoms with van der Waals surface area (Å²) in [6, 6.07) is 10.9. The molecule has 130 valence electrons. The number of carbonyl (C=O) groups is 2. The van der Waals surface area contributed by atoms with Crippen molar-refractivity contribution in [3.63, 3.8) is 0 Å². The number of benzene rings is 1. The Balaban J connectivity index is 1.51. The van der Waals surface area contributed by atoms with Gasteiger partial charge < -0.3 is 10.2 Å². The fourth-order valence-corrected chi connectivity index (χ4v) is 2.88. The molecule has 0 atom stereocenters. The first-order valence-electron chi connectivity index (χ1n) is 8.40. The zero-order valence-corrected chi connectivity index (χ0v) is 14.3. The van der Waals surface area contributed by atoms with E-state index in [9.17, 15) is 9.59 Å². The number of anilines is 1. The molecule has 6 heteroatoms. The Bertz CT molecular complexity index is 740. The smallest absolute Gasteiger partial charge is 0.321 e. The number of rotatable bonds is 4. The molecular formula is C19H22N4O2. The van der Waals surface area contributed by atoms with E-state index in [2.05, 4.69) is 21.3 Å². The van der Waals surface area contributed by atoms with Gasteiger partial charge in [-0.3, -0.25) is 14.7 Å². The van der Waals surface area contributed by atoms with E-state index in [4.69, 9.17) is 0 Å². The minimum absolute atomic E-state index is 0.0138. The van der Waals surface area contributed by atoms with E-state index in [1.165, 1.54) is 12.5 Å². The fraction of sp³-hybridized carbons (Fsp3) is 0.316. The van der Waals surface area contributed by atoms with Gasteiger partial charge in [-0.2, -0.15) is 0 Å². The van der Waals surface area contributed by atoms with Crippen LogP contribution in [0.25, 0.3) is 0 Å². The second kappa shape index (κ2) is 7.90. The van der Waals surface area contributed by atoms with Crippen molar-refractivity contribution in [3.05, 3.63) is 59.9 Å². The second-order valence-corrected chi connectivity index (χ2v) is 6.19. The zero-order chi connectivity index (χ0) is 17.6. The van der Waals surface area contributed by atoms with Crippen LogP contribution in [0.1, 0.15) is 22.8 Å². The SMILES string of the molecule is CC(=O)c1cccc(NC(=O)N2CCN(Cc3cccnc3)CC2)c1. The number of pyridine rings is 1. The Morgan fingerprint density at radius 2 is 1.92 bits per heavy atom. The number of carbonyl (C=O) groups excluding carboxylic acids is 2. The minimum Gasteiger partial charge on any atom is -0.322 e. The molecule has 1 saturated heterocycles. The standard InChI is InChI=1S/C19H22N4O2/c1-15(24)17-5-2-6-18(12-17)21-19(25)23-10-8-22(9-11-23)14-16-4-3-7-20-13-16/h2-7,12-13H,8-11,14H2,1H3,(H,21,25). The van der Waals surface area contributed by atoms with E-state index < -0.39 is 0 Å². The number of hydrogen-bond donors (Lipinski definition) is 1. The van der Waals surface area contributed by atoms with Crippen LogP contribution in [0.3, 0.4) is 0 Å². The molecule has 1 aromatic heterocycles. The van der Waals surface area contributed by atoms with E-state index in [-0.39, 0.29) is 11.8 Å².